The molecule has 0 saturated carbocycles. The van der Waals surface area contributed by atoms with Gasteiger partial charge < -0.3 is 15.4 Å². The van der Waals surface area contributed by atoms with Crippen molar-refractivity contribution in [3.05, 3.63) is 103 Å². The number of nitrogens with one attached hydrogen (secondary N) is 3. The Balaban J connectivity index is 1.47. The summed E-state index contributed by atoms with van der Waals surface area (Å²) in [5.41, 5.74) is 8.34. The van der Waals surface area contributed by atoms with Gasteiger partial charge in [0.1, 0.15) is 18.0 Å². The summed E-state index contributed by atoms with van der Waals surface area (Å²) in [5, 5.41) is 27.4. The lowest BCUT2D eigenvalue weighted by atomic mass is 10.0. The quantitative estimate of drug-likeness (QED) is 0.135. The Morgan fingerprint density at radius 2 is 1.59 bits per heavy atom. The summed E-state index contributed by atoms with van der Waals surface area (Å²) in [4.78, 5) is 9.24. The maximum Gasteiger partial charge on any atom is 0.149 e. The molecule has 7 nitrogen and oxygen atoms in total. The number of H-pyrrole nitrogens is 1. The van der Waals surface area contributed by atoms with Crippen molar-refractivity contribution in [3.63, 3.8) is 0 Å². The highest BCUT2D eigenvalue weighted by Gasteiger charge is 2.18. The fourth-order valence-electron chi connectivity index (χ4n) is 4.55. The largest absolute Gasteiger partial charge is 0.505 e. The van der Waals surface area contributed by atoms with Gasteiger partial charge in [-0.25, -0.2) is 0 Å². The molecule has 182 valence electrons. The Bertz CT molecular complexity index is 1740. The zero-order valence-corrected chi connectivity index (χ0v) is 20.2. The third-order valence-electron chi connectivity index (χ3n) is 6.42. The molecule has 0 aliphatic rings. The van der Waals surface area contributed by atoms with Gasteiger partial charge in [0.25, 0.3) is 0 Å². The number of phenolic OH excluding ortho intramolecular Hbond substituents is 1. The van der Waals surface area contributed by atoms with E-state index in [0.717, 1.165) is 44.0 Å². The average molecular weight is 488 g/mol. The highest BCUT2D eigenvalue weighted by atomic mass is 16.6. The zero-order chi connectivity index (χ0) is 25.2. The topological polar surface area (TPSA) is 94.0 Å². The van der Waals surface area contributed by atoms with E-state index in [2.05, 4.69) is 38.1 Å². The Morgan fingerprint density at radius 3 is 2.41 bits per heavy atom. The molecule has 0 aliphatic heterocycles. The van der Waals surface area contributed by atoms with Crippen LogP contribution in [0.4, 0.5) is 22.7 Å². The second-order valence-electron chi connectivity index (χ2n) is 8.74. The minimum Gasteiger partial charge on any atom is -0.505 e. The van der Waals surface area contributed by atoms with Crippen LogP contribution in [0.15, 0.2) is 107 Å². The molecule has 6 aromatic rings. The molecule has 0 amide bonds. The van der Waals surface area contributed by atoms with Gasteiger partial charge in [-0.3, -0.25) is 10.3 Å². The Hall–Kier alpha value is -4.88. The van der Waals surface area contributed by atoms with Crippen LogP contribution < -0.4 is 10.8 Å². The van der Waals surface area contributed by atoms with Gasteiger partial charge in [0.15, 0.2) is 0 Å². The van der Waals surface area contributed by atoms with E-state index >= 15 is 0 Å². The van der Waals surface area contributed by atoms with E-state index in [-0.39, 0.29) is 12.4 Å². The Kier molecular flexibility index (Phi) is 5.88. The molecule has 0 atom stereocenters. The second kappa shape index (κ2) is 9.64. The highest BCUT2D eigenvalue weighted by molar-refractivity contribution is 6.20. The summed E-state index contributed by atoms with van der Waals surface area (Å²) in [6, 6.07) is 31.5. The van der Waals surface area contributed by atoms with E-state index in [1.54, 1.807) is 0 Å². The molecule has 0 saturated heterocycles. The number of rotatable bonds is 7. The summed E-state index contributed by atoms with van der Waals surface area (Å²) in [5.74, 6) is 0.0316. The standard InChI is InChI=1S/C30H25N5O2/c1-31-21-12-14-22(15-13-21)33-34-29-27-19(11-16-25-24-9-5-6-10-26(24)32-28(25)27)17-20(30(29)36)18-37-35-23-7-3-2-4-8-23/h2-17,31-32,35-36H,18H2,1H3. The van der Waals surface area contributed by atoms with Gasteiger partial charge in [-0.1, -0.05) is 48.5 Å². The van der Waals surface area contributed by atoms with Gasteiger partial charge in [0.05, 0.1) is 16.9 Å². The minimum atomic E-state index is 0.0316. The van der Waals surface area contributed by atoms with E-state index in [0.29, 0.717) is 16.9 Å². The highest BCUT2D eigenvalue weighted by Crippen LogP contribution is 2.44. The van der Waals surface area contributed by atoms with Crippen LogP contribution in [0, 0.1) is 0 Å². The number of benzene rings is 5. The Labute approximate surface area is 213 Å². The molecule has 37 heavy (non-hydrogen) atoms. The molecule has 0 aliphatic carbocycles. The van der Waals surface area contributed by atoms with Crippen molar-refractivity contribution < 1.29 is 9.94 Å². The van der Waals surface area contributed by atoms with Crippen LogP contribution in [0.25, 0.3) is 32.6 Å². The van der Waals surface area contributed by atoms with Crippen LogP contribution in [0.5, 0.6) is 5.75 Å². The monoisotopic (exact) mass is 487 g/mol. The van der Waals surface area contributed by atoms with Gasteiger partial charge in [-0.2, -0.15) is 5.11 Å². The first-order valence-corrected chi connectivity index (χ1v) is 12.0. The summed E-state index contributed by atoms with van der Waals surface area (Å²) in [7, 11) is 1.87. The molecule has 5 aromatic carbocycles. The van der Waals surface area contributed by atoms with Crippen LogP contribution in [-0.4, -0.2) is 17.1 Å². The fourth-order valence-corrected chi connectivity index (χ4v) is 4.55. The molecule has 0 spiro atoms. The predicted octanol–water partition coefficient (Wildman–Crippen LogP) is 8.18. The van der Waals surface area contributed by atoms with Crippen molar-refractivity contribution in [2.24, 2.45) is 10.2 Å². The number of para-hydroxylation sites is 2. The molecular weight excluding hydrogens is 462 g/mol. The van der Waals surface area contributed by atoms with E-state index in [1.165, 1.54) is 0 Å². The van der Waals surface area contributed by atoms with Gasteiger partial charge in [0, 0.05) is 40.0 Å². The van der Waals surface area contributed by atoms with Crippen molar-refractivity contribution in [2.45, 2.75) is 6.61 Å². The van der Waals surface area contributed by atoms with E-state index in [4.69, 9.17) is 4.84 Å². The lowest BCUT2D eigenvalue weighted by molar-refractivity contribution is 0.177. The lowest BCUT2D eigenvalue weighted by Crippen LogP contribution is -2.01. The molecule has 0 unspecified atom stereocenters. The number of azo groups is 1. The Morgan fingerprint density at radius 1 is 0.811 bits per heavy atom. The smallest absolute Gasteiger partial charge is 0.149 e. The SMILES string of the molecule is CNc1ccc(N=Nc2c(O)c(CONc3ccccc3)cc3ccc4c5ccccc5[nH]c4c23)cc1. The second-order valence-corrected chi connectivity index (χ2v) is 8.74. The van der Waals surface area contributed by atoms with Gasteiger partial charge in [-0.05, 0) is 53.9 Å². The van der Waals surface area contributed by atoms with Crippen LogP contribution in [-0.2, 0) is 11.4 Å². The number of aromatic nitrogens is 1. The van der Waals surface area contributed by atoms with Gasteiger partial charge in [0.2, 0.25) is 0 Å². The molecule has 0 fully saturated rings. The van der Waals surface area contributed by atoms with Crippen molar-refractivity contribution in [1.29, 1.82) is 0 Å². The fraction of sp³-hybridized carbons (Fsp3) is 0.0667. The van der Waals surface area contributed by atoms with Crippen molar-refractivity contribution in [3.8, 4) is 5.75 Å². The molecular formula is C30H25N5O2. The number of anilines is 2. The van der Waals surface area contributed by atoms with E-state index in [9.17, 15) is 5.11 Å². The van der Waals surface area contributed by atoms with E-state index < -0.39 is 0 Å². The van der Waals surface area contributed by atoms with E-state index in [1.807, 2.05) is 92.0 Å². The van der Waals surface area contributed by atoms with Crippen LogP contribution >= 0.6 is 0 Å². The molecule has 6 rings (SSSR count). The molecule has 1 aromatic heterocycles. The van der Waals surface area contributed by atoms with Crippen LogP contribution in [0.2, 0.25) is 0 Å². The maximum atomic E-state index is 11.4. The molecule has 7 heteroatoms. The number of nitrogens with zero attached hydrogens (tertiary/aromatic N) is 2. The molecule has 1 heterocycles. The number of hydrogen-bond acceptors (Lipinski definition) is 6. The molecule has 0 bridgehead atoms. The first kappa shape index (κ1) is 22.6. The van der Waals surface area contributed by atoms with Crippen molar-refractivity contribution in [1.82, 2.24) is 4.98 Å². The number of hydrogen-bond donors (Lipinski definition) is 4. The number of aromatic hydroxyl groups is 1. The summed E-state index contributed by atoms with van der Waals surface area (Å²) in [6.45, 7) is 0.140. The summed E-state index contributed by atoms with van der Waals surface area (Å²) >= 11 is 0. The summed E-state index contributed by atoms with van der Waals surface area (Å²) < 4.78 is 0. The summed E-state index contributed by atoms with van der Waals surface area (Å²) in [6.07, 6.45) is 0. The van der Waals surface area contributed by atoms with Gasteiger partial charge >= 0.3 is 0 Å². The number of phenols is 1. The number of aromatic amines is 1. The zero-order valence-electron chi connectivity index (χ0n) is 20.2. The average Bonchev–Trinajstić information content (AvgIpc) is 3.33. The van der Waals surface area contributed by atoms with Crippen LogP contribution in [0.1, 0.15) is 5.56 Å². The van der Waals surface area contributed by atoms with Crippen molar-refractivity contribution >= 4 is 55.3 Å². The maximum absolute atomic E-state index is 11.4. The van der Waals surface area contributed by atoms with Crippen LogP contribution in [0.3, 0.4) is 0 Å². The predicted molar refractivity (Wildman–Crippen MR) is 150 cm³/mol. The molecule has 0 radical (unpaired) electrons. The first-order valence-electron chi connectivity index (χ1n) is 12.0. The normalized spacial score (nSPS) is 11.6. The minimum absolute atomic E-state index is 0.0316. The number of fused-ring (bicyclic) bond motifs is 5. The molecule has 4 N–H and O–H groups in total. The third kappa shape index (κ3) is 4.32. The third-order valence-corrected chi connectivity index (χ3v) is 6.42. The van der Waals surface area contributed by atoms with Gasteiger partial charge in [-0.15, -0.1) is 5.11 Å². The lowest BCUT2D eigenvalue weighted by Gasteiger charge is -2.13. The van der Waals surface area contributed by atoms with Crippen molar-refractivity contribution in [2.75, 3.05) is 17.8 Å². The first-order chi connectivity index (χ1) is 18.2.